The summed E-state index contributed by atoms with van der Waals surface area (Å²) in [7, 11) is 2.75. The zero-order valence-electron chi connectivity index (χ0n) is 10.4. The molecule has 0 aromatic heterocycles. The third-order valence-electron chi connectivity index (χ3n) is 3.36. The van der Waals surface area contributed by atoms with Crippen LogP contribution in [0.2, 0.25) is 0 Å². The van der Waals surface area contributed by atoms with Crippen LogP contribution >= 0.6 is 9.24 Å². The fraction of sp³-hybridized carbons (Fsp3) is 0.500. The topological polar surface area (TPSA) is 17.1 Å². The number of aryl methyl sites for hydroxylation is 1. The molecule has 88 valence electrons. The largest absolute Gasteiger partial charge is 0.293 e. The molecule has 16 heavy (non-hydrogen) atoms. The molecule has 0 aliphatic rings. The van der Waals surface area contributed by atoms with E-state index in [4.69, 9.17) is 0 Å². The molecule has 0 bridgehead atoms. The molecule has 0 radical (unpaired) electrons. The van der Waals surface area contributed by atoms with Gasteiger partial charge in [0.2, 0.25) is 0 Å². The van der Waals surface area contributed by atoms with Gasteiger partial charge >= 0.3 is 0 Å². The van der Waals surface area contributed by atoms with Crippen molar-refractivity contribution in [1.82, 2.24) is 0 Å². The summed E-state index contributed by atoms with van der Waals surface area (Å²) < 4.78 is 0. The van der Waals surface area contributed by atoms with E-state index in [-0.39, 0.29) is 10.9 Å². The smallest absolute Gasteiger partial charge is 0.172 e. The Morgan fingerprint density at radius 3 is 2.25 bits per heavy atom. The predicted octanol–water partition coefficient (Wildman–Crippen LogP) is 3.87. The van der Waals surface area contributed by atoms with Crippen LogP contribution in [0.1, 0.15) is 49.5 Å². The highest BCUT2D eigenvalue weighted by atomic mass is 31.0. The molecule has 0 saturated heterocycles. The number of rotatable bonds is 5. The molecule has 0 aliphatic carbocycles. The SMILES string of the molecule is CCc1ccccc1C(=O)C(P)(CC)CC. The summed E-state index contributed by atoms with van der Waals surface area (Å²) in [5.41, 5.74) is 2.05. The highest BCUT2D eigenvalue weighted by Crippen LogP contribution is 2.32. The zero-order valence-corrected chi connectivity index (χ0v) is 11.6. The summed E-state index contributed by atoms with van der Waals surface area (Å²) >= 11 is 0. The van der Waals surface area contributed by atoms with Crippen molar-refractivity contribution in [2.75, 3.05) is 0 Å². The lowest BCUT2D eigenvalue weighted by Crippen LogP contribution is -2.31. The van der Waals surface area contributed by atoms with E-state index in [1.54, 1.807) is 0 Å². The van der Waals surface area contributed by atoms with Gasteiger partial charge in [-0.3, -0.25) is 4.79 Å². The van der Waals surface area contributed by atoms with Crippen molar-refractivity contribution >= 4 is 15.0 Å². The Bertz CT molecular complexity index is 367. The van der Waals surface area contributed by atoms with E-state index in [1.807, 2.05) is 24.3 Å². The Morgan fingerprint density at radius 1 is 1.19 bits per heavy atom. The highest BCUT2D eigenvalue weighted by Gasteiger charge is 2.31. The summed E-state index contributed by atoms with van der Waals surface area (Å²) in [6.07, 6.45) is 2.65. The van der Waals surface area contributed by atoms with E-state index in [1.165, 1.54) is 0 Å². The molecule has 0 aliphatic heterocycles. The number of hydrogen-bond donors (Lipinski definition) is 0. The van der Waals surface area contributed by atoms with E-state index in [0.717, 1.165) is 30.4 Å². The number of Topliss-reactive ketones (excluding diaryl/α,β-unsaturated/α-hetero) is 1. The monoisotopic (exact) mass is 236 g/mol. The number of hydrogen-bond acceptors (Lipinski definition) is 1. The first kappa shape index (κ1) is 13.4. The summed E-state index contributed by atoms with van der Waals surface area (Å²) in [5.74, 6) is 0.264. The molecule has 1 aromatic carbocycles. The molecular formula is C14H21OP. The van der Waals surface area contributed by atoms with Gasteiger partial charge in [-0.15, -0.1) is 9.24 Å². The van der Waals surface area contributed by atoms with E-state index in [9.17, 15) is 4.79 Å². The highest BCUT2D eigenvalue weighted by molar-refractivity contribution is 7.21. The molecule has 0 amide bonds. The van der Waals surface area contributed by atoms with Gasteiger partial charge in [-0.1, -0.05) is 45.0 Å². The van der Waals surface area contributed by atoms with Crippen molar-refractivity contribution < 1.29 is 4.79 Å². The van der Waals surface area contributed by atoms with Gasteiger partial charge in [0.1, 0.15) is 0 Å². The van der Waals surface area contributed by atoms with E-state index in [2.05, 4.69) is 30.0 Å². The van der Waals surface area contributed by atoms with Crippen molar-refractivity contribution in [3.8, 4) is 0 Å². The van der Waals surface area contributed by atoms with Crippen LogP contribution in [-0.4, -0.2) is 10.9 Å². The van der Waals surface area contributed by atoms with Gasteiger partial charge in [-0.2, -0.15) is 0 Å². The van der Waals surface area contributed by atoms with Crippen molar-refractivity contribution in [1.29, 1.82) is 0 Å². The van der Waals surface area contributed by atoms with Crippen LogP contribution in [0.25, 0.3) is 0 Å². The molecule has 1 atom stereocenters. The minimum Gasteiger partial charge on any atom is -0.293 e. The molecule has 2 heteroatoms. The second kappa shape index (κ2) is 5.59. The quantitative estimate of drug-likeness (QED) is 0.560. The summed E-state index contributed by atoms with van der Waals surface area (Å²) in [6.45, 7) is 6.24. The second-order valence-electron chi connectivity index (χ2n) is 4.20. The Labute approximate surface area is 101 Å². The van der Waals surface area contributed by atoms with E-state index >= 15 is 0 Å². The number of benzene rings is 1. The van der Waals surface area contributed by atoms with Crippen molar-refractivity contribution in [2.24, 2.45) is 0 Å². The fourth-order valence-electron chi connectivity index (χ4n) is 1.89. The first-order valence-electron chi connectivity index (χ1n) is 6.00. The first-order chi connectivity index (χ1) is 7.59. The Kier molecular flexibility index (Phi) is 4.68. The van der Waals surface area contributed by atoms with Crippen molar-refractivity contribution in [2.45, 2.75) is 45.2 Å². The molecule has 0 spiro atoms. The average Bonchev–Trinajstić information content (AvgIpc) is 2.36. The van der Waals surface area contributed by atoms with Crippen molar-refractivity contribution in [3.63, 3.8) is 0 Å². The van der Waals surface area contributed by atoms with Crippen LogP contribution < -0.4 is 0 Å². The third-order valence-corrected chi connectivity index (χ3v) is 4.44. The number of carbonyl (C=O) groups is 1. The summed E-state index contributed by atoms with van der Waals surface area (Å²) in [6, 6.07) is 7.94. The predicted molar refractivity (Wildman–Crippen MR) is 73.2 cm³/mol. The second-order valence-corrected chi connectivity index (χ2v) is 5.31. The number of ketones is 1. The minimum absolute atomic E-state index is 0.264. The molecule has 0 heterocycles. The fourth-order valence-corrected chi connectivity index (χ4v) is 2.04. The normalized spacial score (nSPS) is 11.5. The van der Waals surface area contributed by atoms with Crippen LogP contribution in [0, 0.1) is 0 Å². The van der Waals surface area contributed by atoms with E-state index < -0.39 is 0 Å². The van der Waals surface area contributed by atoms with Crippen molar-refractivity contribution in [3.05, 3.63) is 35.4 Å². The maximum absolute atomic E-state index is 12.5. The van der Waals surface area contributed by atoms with Gasteiger partial charge in [0.05, 0.1) is 0 Å². The molecule has 0 saturated carbocycles. The maximum Gasteiger partial charge on any atom is 0.172 e. The van der Waals surface area contributed by atoms with Gasteiger partial charge in [0, 0.05) is 10.7 Å². The average molecular weight is 236 g/mol. The molecule has 0 N–H and O–H groups in total. The van der Waals surface area contributed by atoms with Crippen LogP contribution in [0.3, 0.4) is 0 Å². The Morgan fingerprint density at radius 2 is 1.75 bits per heavy atom. The zero-order chi connectivity index (χ0) is 12.2. The standard InChI is InChI=1S/C14H21OP/c1-4-11-9-7-8-10-12(11)13(15)14(16,5-2)6-3/h7-10H,4-6,16H2,1-3H3. The lowest BCUT2D eigenvalue weighted by molar-refractivity contribution is 0.0936. The van der Waals surface area contributed by atoms with Gasteiger partial charge in [-0.25, -0.2) is 0 Å². The summed E-state index contributed by atoms with van der Waals surface area (Å²) in [5, 5.41) is -0.286. The molecule has 1 aromatic rings. The van der Waals surface area contributed by atoms with Crippen LogP contribution in [0.15, 0.2) is 24.3 Å². The third kappa shape index (κ3) is 2.52. The Hall–Kier alpha value is -0.680. The molecule has 1 unspecified atom stereocenters. The molecule has 0 fully saturated rings. The van der Waals surface area contributed by atoms with Crippen LogP contribution in [0.5, 0.6) is 0 Å². The van der Waals surface area contributed by atoms with Gasteiger partial charge in [-0.05, 0) is 24.8 Å². The lowest BCUT2D eigenvalue weighted by atomic mass is 9.89. The first-order valence-corrected chi connectivity index (χ1v) is 6.58. The molecular weight excluding hydrogens is 215 g/mol. The minimum atomic E-state index is -0.286. The maximum atomic E-state index is 12.5. The lowest BCUT2D eigenvalue weighted by Gasteiger charge is -2.25. The molecule has 1 nitrogen and oxygen atoms in total. The van der Waals surface area contributed by atoms with Crippen LogP contribution in [-0.2, 0) is 6.42 Å². The van der Waals surface area contributed by atoms with Gasteiger partial charge < -0.3 is 0 Å². The van der Waals surface area contributed by atoms with Crippen LogP contribution in [0.4, 0.5) is 0 Å². The van der Waals surface area contributed by atoms with Gasteiger partial charge in [0.15, 0.2) is 5.78 Å². The number of carbonyl (C=O) groups excluding carboxylic acids is 1. The van der Waals surface area contributed by atoms with Gasteiger partial charge in [0.25, 0.3) is 0 Å². The molecule has 1 rings (SSSR count). The Balaban J connectivity index is 3.13. The summed E-state index contributed by atoms with van der Waals surface area (Å²) in [4.78, 5) is 12.5. The van der Waals surface area contributed by atoms with E-state index in [0.29, 0.717) is 0 Å².